The van der Waals surface area contributed by atoms with Gasteiger partial charge in [0.25, 0.3) is 0 Å². The Balaban J connectivity index is 2.68. The lowest BCUT2D eigenvalue weighted by molar-refractivity contribution is -0.117. The number of para-hydroxylation sites is 2. The Labute approximate surface area is 109 Å². The van der Waals surface area contributed by atoms with Crippen LogP contribution >= 0.6 is 0 Å². The summed E-state index contributed by atoms with van der Waals surface area (Å²) in [5, 5.41) is 2.82. The van der Waals surface area contributed by atoms with Gasteiger partial charge in [-0.1, -0.05) is 32.4 Å². The molecule has 0 aliphatic heterocycles. The molecule has 0 saturated carbocycles. The molecule has 1 aromatic rings. The average molecular weight is 250 g/mol. The van der Waals surface area contributed by atoms with Crippen LogP contribution in [0.25, 0.3) is 0 Å². The molecule has 1 amide bonds. The minimum Gasteiger partial charge on any atom is -0.491 e. The molecule has 0 saturated heterocycles. The van der Waals surface area contributed by atoms with Crippen molar-refractivity contribution in [2.75, 3.05) is 11.9 Å². The maximum atomic E-state index is 11.8. The topological polar surface area (TPSA) is 64.3 Å². The van der Waals surface area contributed by atoms with Crippen LogP contribution in [0.15, 0.2) is 24.3 Å². The van der Waals surface area contributed by atoms with Crippen LogP contribution in [0.1, 0.15) is 33.1 Å². The zero-order chi connectivity index (χ0) is 13.4. The molecule has 4 heteroatoms. The van der Waals surface area contributed by atoms with Crippen LogP contribution in [-0.2, 0) is 4.79 Å². The third-order valence-electron chi connectivity index (χ3n) is 2.54. The second-order valence-electron chi connectivity index (χ2n) is 4.23. The summed E-state index contributed by atoms with van der Waals surface area (Å²) in [6.45, 7) is 4.68. The summed E-state index contributed by atoms with van der Waals surface area (Å²) in [6, 6.07) is 6.94. The molecular weight excluding hydrogens is 228 g/mol. The molecule has 0 heterocycles. The molecule has 4 nitrogen and oxygen atoms in total. The van der Waals surface area contributed by atoms with E-state index in [9.17, 15) is 4.79 Å². The molecular formula is C14H22N2O2. The van der Waals surface area contributed by atoms with Gasteiger partial charge in [0.15, 0.2) is 0 Å². The molecule has 1 atom stereocenters. The van der Waals surface area contributed by atoms with E-state index in [0.717, 1.165) is 12.8 Å². The summed E-state index contributed by atoms with van der Waals surface area (Å²) in [4.78, 5) is 11.8. The summed E-state index contributed by atoms with van der Waals surface area (Å²) < 4.78 is 5.57. The summed E-state index contributed by atoms with van der Waals surface area (Å²) in [5.41, 5.74) is 6.46. The van der Waals surface area contributed by atoms with Gasteiger partial charge >= 0.3 is 0 Å². The third-order valence-corrected chi connectivity index (χ3v) is 2.54. The van der Waals surface area contributed by atoms with Gasteiger partial charge in [0.2, 0.25) is 5.91 Å². The second kappa shape index (κ2) is 7.71. The van der Waals surface area contributed by atoms with Crippen molar-refractivity contribution in [1.29, 1.82) is 0 Å². The van der Waals surface area contributed by atoms with Gasteiger partial charge in [-0.05, 0) is 25.0 Å². The van der Waals surface area contributed by atoms with Crippen molar-refractivity contribution in [2.24, 2.45) is 5.73 Å². The lowest BCUT2D eigenvalue weighted by atomic mass is 10.1. The highest BCUT2D eigenvalue weighted by atomic mass is 16.5. The van der Waals surface area contributed by atoms with Gasteiger partial charge in [0.1, 0.15) is 5.75 Å². The van der Waals surface area contributed by atoms with Crippen molar-refractivity contribution >= 4 is 11.6 Å². The largest absolute Gasteiger partial charge is 0.491 e. The minimum absolute atomic E-state index is 0.163. The Kier molecular flexibility index (Phi) is 6.22. The van der Waals surface area contributed by atoms with Crippen molar-refractivity contribution in [3.63, 3.8) is 0 Å². The maximum Gasteiger partial charge on any atom is 0.241 e. The highest BCUT2D eigenvalue weighted by molar-refractivity contribution is 5.95. The summed E-state index contributed by atoms with van der Waals surface area (Å²) in [6.07, 6.45) is 2.50. The quantitative estimate of drug-likeness (QED) is 0.781. The second-order valence-corrected chi connectivity index (χ2v) is 4.23. The Morgan fingerprint density at radius 3 is 2.72 bits per heavy atom. The number of nitrogens with one attached hydrogen (secondary N) is 1. The van der Waals surface area contributed by atoms with Crippen molar-refractivity contribution < 1.29 is 9.53 Å². The molecule has 0 unspecified atom stereocenters. The van der Waals surface area contributed by atoms with Crippen molar-refractivity contribution in [2.45, 2.75) is 39.2 Å². The smallest absolute Gasteiger partial charge is 0.241 e. The van der Waals surface area contributed by atoms with Gasteiger partial charge < -0.3 is 15.8 Å². The van der Waals surface area contributed by atoms with Gasteiger partial charge in [0, 0.05) is 0 Å². The first kappa shape index (κ1) is 14.5. The van der Waals surface area contributed by atoms with E-state index >= 15 is 0 Å². The first-order chi connectivity index (χ1) is 8.69. The number of hydrogen-bond acceptors (Lipinski definition) is 3. The lowest BCUT2D eigenvalue weighted by Crippen LogP contribution is -2.35. The molecule has 0 fully saturated rings. The van der Waals surface area contributed by atoms with Gasteiger partial charge in [-0.25, -0.2) is 0 Å². The Morgan fingerprint density at radius 2 is 2.06 bits per heavy atom. The monoisotopic (exact) mass is 250 g/mol. The summed E-state index contributed by atoms with van der Waals surface area (Å²) in [7, 11) is 0. The SMILES string of the molecule is CCCOc1ccccc1NC(=O)[C@H](N)CCC. The van der Waals surface area contributed by atoms with Gasteiger partial charge in [-0.15, -0.1) is 0 Å². The van der Waals surface area contributed by atoms with E-state index in [4.69, 9.17) is 10.5 Å². The van der Waals surface area contributed by atoms with E-state index in [0.29, 0.717) is 24.5 Å². The number of ether oxygens (including phenoxy) is 1. The fourth-order valence-electron chi connectivity index (χ4n) is 1.58. The molecule has 18 heavy (non-hydrogen) atoms. The van der Waals surface area contributed by atoms with E-state index in [2.05, 4.69) is 5.32 Å². The minimum atomic E-state index is -0.464. The standard InChI is InChI=1S/C14H22N2O2/c1-3-7-11(15)14(17)16-12-8-5-6-9-13(12)18-10-4-2/h5-6,8-9,11H,3-4,7,10,15H2,1-2H3,(H,16,17)/t11-/m1/s1. The number of carbonyl (C=O) groups excluding carboxylic acids is 1. The Morgan fingerprint density at radius 1 is 1.33 bits per heavy atom. The summed E-state index contributed by atoms with van der Waals surface area (Å²) >= 11 is 0. The first-order valence-corrected chi connectivity index (χ1v) is 6.47. The number of anilines is 1. The van der Waals surface area contributed by atoms with E-state index in [1.807, 2.05) is 38.1 Å². The maximum absolute atomic E-state index is 11.8. The average Bonchev–Trinajstić information content (AvgIpc) is 2.38. The molecule has 1 aromatic carbocycles. The van der Waals surface area contributed by atoms with Crippen LogP contribution in [0.3, 0.4) is 0 Å². The zero-order valence-electron chi connectivity index (χ0n) is 11.1. The van der Waals surface area contributed by atoms with E-state index < -0.39 is 6.04 Å². The molecule has 0 aliphatic rings. The number of amides is 1. The van der Waals surface area contributed by atoms with Crippen LogP contribution in [0.4, 0.5) is 5.69 Å². The number of nitrogens with two attached hydrogens (primary N) is 1. The van der Waals surface area contributed by atoms with Crippen molar-refractivity contribution in [1.82, 2.24) is 0 Å². The third kappa shape index (κ3) is 4.37. The number of hydrogen-bond donors (Lipinski definition) is 2. The fraction of sp³-hybridized carbons (Fsp3) is 0.500. The lowest BCUT2D eigenvalue weighted by Gasteiger charge is -2.14. The number of benzene rings is 1. The predicted molar refractivity (Wildman–Crippen MR) is 73.7 cm³/mol. The Hall–Kier alpha value is -1.55. The predicted octanol–water partition coefficient (Wildman–Crippen LogP) is 2.54. The molecule has 0 bridgehead atoms. The molecule has 0 spiro atoms. The highest BCUT2D eigenvalue weighted by Crippen LogP contribution is 2.24. The van der Waals surface area contributed by atoms with E-state index in [-0.39, 0.29) is 5.91 Å². The van der Waals surface area contributed by atoms with Crippen molar-refractivity contribution in [3.05, 3.63) is 24.3 Å². The van der Waals surface area contributed by atoms with Gasteiger partial charge in [-0.2, -0.15) is 0 Å². The normalized spacial score (nSPS) is 11.9. The van der Waals surface area contributed by atoms with Gasteiger partial charge in [0.05, 0.1) is 18.3 Å². The first-order valence-electron chi connectivity index (χ1n) is 6.47. The highest BCUT2D eigenvalue weighted by Gasteiger charge is 2.14. The molecule has 1 rings (SSSR count). The van der Waals surface area contributed by atoms with Crippen LogP contribution in [-0.4, -0.2) is 18.6 Å². The molecule has 0 aliphatic carbocycles. The van der Waals surface area contributed by atoms with Gasteiger partial charge in [-0.3, -0.25) is 4.79 Å². The van der Waals surface area contributed by atoms with Crippen LogP contribution < -0.4 is 15.8 Å². The molecule has 100 valence electrons. The molecule has 3 N–H and O–H groups in total. The van der Waals surface area contributed by atoms with E-state index in [1.165, 1.54) is 0 Å². The fourth-order valence-corrected chi connectivity index (χ4v) is 1.58. The molecule has 0 aromatic heterocycles. The van der Waals surface area contributed by atoms with Crippen molar-refractivity contribution in [3.8, 4) is 5.75 Å². The number of carbonyl (C=O) groups is 1. The molecule has 0 radical (unpaired) electrons. The van der Waals surface area contributed by atoms with Crippen LogP contribution in [0, 0.1) is 0 Å². The van der Waals surface area contributed by atoms with Crippen LogP contribution in [0.5, 0.6) is 5.75 Å². The van der Waals surface area contributed by atoms with E-state index in [1.54, 1.807) is 0 Å². The zero-order valence-corrected chi connectivity index (χ0v) is 11.1. The van der Waals surface area contributed by atoms with Crippen LogP contribution in [0.2, 0.25) is 0 Å². The Bertz CT molecular complexity index is 380. The number of rotatable bonds is 7. The summed E-state index contributed by atoms with van der Waals surface area (Å²) in [5.74, 6) is 0.529.